The molecule has 2 aliphatic rings. The Morgan fingerprint density at radius 3 is 2.84 bits per heavy atom. The van der Waals surface area contributed by atoms with Crippen molar-refractivity contribution in [2.24, 2.45) is 11.3 Å². The number of nitrogens with zero attached hydrogens (tertiary/aromatic N) is 3. The molecule has 31 heavy (non-hydrogen) atoms. The second-order valence-electron chi connectivity index (χ2n) is 8.73. The highest BCUT2D eigenvalue weighted by Gasteiger charge is 2.58. The number of benzene rings is 1. The zero-order valence-electron chi connectivity index (χ0n) is 17.5. The molecule has 7 heteroatoms. The van der Waals surface area contributed by atoms with Crippen LogP contribution >= 0.6 is 11.6 Å². The number of aromatic nitrogens is 2. The fraction of sp³-hybridized carbons (Fsp3) is 0.417. The Labute approximate surface area is 187 Å². The molecule has 1 N–H and O–H groups in total. The summed E-state index contributed by atoms with van der Waals surface area (Å²) in [5.41, 5.74) is 1.13. The first kappa shape index (κ1) is 20.3. The number of imidazole rings is 1. The Bertz CT molecular complexity index is 1040. The highest BCUT2D eigenvalue weighted by atomic mass is 35.5. The largest absolute Gasteiger partial charge is 0.460 e. The lowest BCUT2D eigenvalue weighted by Crippen LogP contribution is -2.37. The second-order valence-corrected chi connectivity index (χ2v) is 9.14. The Morgan fingerprint density at radius 1 is 1.23 bits per heavy atom. The number of halogens is 1. The highest BCUT2D eigenvalue weighted by Crippen LogP contribution is 2.59. The van der Waals surface area contributed by atoms with Gasteiger partial charge in [-0.05, 0) is 62.0 Å². The van der Waals surface area contributed by atoms with E-state index in [2.05, 4.69) is 15.2 Å². The summed E-state index contributed by atoms with van der Waals surface area (Å²) in [6.45, 7) is 4.21. The van der Waals surface area contributed by atoms with Crippen LogP contribution in [-0.4, -0.2) is 40.0 Å². The van der Waals surface area contributed by atoms with E-state index < -0.39 is 0 Å². The maximum atomic E-state index is 12.6. The molecule has 0 bridgehead atoms. The van der Waals surface area contributed by atoms with Crippen molar-refractivity contribution in [2.75, 3.05) is 19.6 Å². The van der Waals surface area contributed by atoms with Gasteiger partial charge in [-0.3, -0.25) is 9.69 Å². The van der Waals surface area contributed by atoms with E-state index in [1.54, 1.807) is 12.5 Å². The molecule has 1 atom stereocenters. The summed E-state index contributed by atoms with van der Waals surface area (Å²) in [7, 11) is 0. The third-order valence-electron chi connectivity index (χ3n) is 6.77. The third kappa shape index (κ3) is 4.41. The van der Waals surface area contributed by atoms with Gasteiger partial charge in [-0.15, -0.1) is 0 Å². The van der Waals surface area contributed by atoms with Crippen molar-refractivity contribution < 1.29 is 9.21 Å². The van der Waals surface area contributed by atoms with E-state index >= 15 is 0 Å². The van der Waals surface area contributed by atoms with Gasteiger partial charge in [0.2, 0.25) is 5.91 Å². The van der Waals surface area contributed by atoms with Gasteiger partial charge in [0.05, 0.1) is 17.9 Å². The number of furan rings is 1. The molecule has 1 saturated heterocycles. The predicted octanol–water partition coefficient (Wildman–Crippen LogP) is 4.22. The van der Waals surface area contributed by atoms with Crippen molar-refractivity contribution in [1.29, 1.82) is 0 Å². The maximum Gasteiger partial charge on any atom is 0.223 e. The molecule has 5 rings (SSSR count). The molecule has 1 aliphatic heterocycles. The summed E-state index contributed by atoms with van der Waals surface area (Å²) in [5, 5.41) is 3.80. The average molecular weight is 439 g/mol. The molecule has 1 aliphatic carbocycles. The Kier molecular flexibility index (Phi) is 5.59. The smallest absolute Gasteiger partial charge is 0.223 e. The molecule has 3 aromatic rings. The molecular weight excluding hydrogens is 412 g/mol. The summed E-state index contributed by atoms with van der Waals surface area (Å²) >= 11 is 6.29. The van der Waals surface area contributed by atoms with Gasteiger partial charge >= 0.3 is 0 Å². The number of hydrogen-bond donors (Lipinski definition) is 1. The lowest BCUT2D eigenvalue weighted by Gasteiger charge is -2.32. The van der Waals surface area contributed by atoms with Crippen LogP contribution in [0.1, 0.15) is 25.0 Å². The number of carbonyl (C=O) groups is 1. The number of rotatable bonds is 7. The van der Waals surface area contributed by atoms with Crippen LogP contribution in [0, 0.1) is 11.3 Å². The minimum atomic E-state index is 0.174. The van der Waals surface area contributed by atoms with E-state index in [0.717, 1.165) is 62.5 Å². The van der Waals surface area contributed by atoms with E-state index in [1.807, 2.05) is 47.2 Å². The number of likely N-dealkylation sites (tertiary alicyclic amines) is 1. The van der Waals surface area contributed by atoms with Gasteiger partial charge in [0.1, 0.15) is 11.5 Å². The van der Waals surface area contributed by atoms with Gasteiger partial charge in [-0.1, -0.05) is 23.7 Å². The molecule has 1 spiro atoms. The van der Waals surface area contributed by atoms with Crippen molar-refractivity contribution in [3.8, 4) is 11.3 Å². The Morgan fingerprint density at radius 2 is 2.06 bits per heavy atom. The van der Waals surface area contributed by atoms with Crippen molar-refractivity contribution >= 4 is 17.5 Å². The fourth-order valence-corrected chi connectivity index (χ4v) is 5.00. The molecule has 2 aromatic heterocycles. The number of piperidine rings is 1. The minimum Gasteiger partial charge on any atom is -0.460 e. The monoisotopic (exact) mass is 438 g/mol. The normalized spacial score (nSPS) is 20.1. The van der Waals surface area contributed by atoms with Crippen molar-refractivity contribution in [3.63, 3.8) is 0 Å². The van der Waals surface area contributed by atoms with Gasteiger partial charge in [0.25, 0.3) is 0 Å². The second kappa shape index (κ2) is 8.52. The maximum absolute atomic E-state index is 12.6. The van der Waals surface area contributed by atoms with E-state index in [1.165, 1.54) is 0 Å². The van der Waals surface area contributed by atoms with Gasteiger partial charge in [-0.25, -0.2) is 4.98 Å². The third-order valence-corrected chi connectivity index (χ3v) is 7.10. The van der Waals surface area contributed by atoms with Crippen LogP contribution in [0.5, 0.6) is 0 Å². The minimum absolute atomic E-state index is 0.174. The van der Waals surface area contributed by atoms with Crippen LogP contribution in [0.25, 0.3) is 11.3 Å². The Balaban J connectivity index is 1.09. The van der Waals surface area contributed by atoms with E-state index in [4.69, 9.17) is 16.0 Å². The molecule has 3 heterocycles. The zero-order chi connectivity index (χ0) is 21.3. The van der Waals surface area contributed by atoms with Crippen molar-refractivity contribution in [3.05, 3.63) is 65.9 Å². The van der Waals surface area contributed by atoms with Gasteiger partial charge < -0.3 is 14.3 Å². The van der Waals surface area contributed by atoms with Crippen molar-refractivity contribution in [2.45, 2.75) is 32.4 Å². The summed E-state index contributed by atoms with van der Waals surface area (Å²) in [5.74, 6) is 2.15. The highest BCUT2D eigenvalue weighted by molar-refractivity contribution is 6.33. The molecule has 1 amide bonds. The van der Waals surface area contributed by atoms with E-state index in [9.17, 15) is 4.79 Å². The van der Waals surface area contributed by atoms with Crippen LogP contribution in [0.4, 0.5) is 0 Å². The molecule has 6 nitrogen and oxygen atoms in total. The first-order valence-corrected chi connectivity index (χ1v) is 11.3. The number of hydrogen-bond acceptors (Lipinski definition) is 4. The summed E-state index contributed by atoms with van der Waals surface area (Å²) in [4.78, 5) is 19.0. The number of nitrogens with one attached hydrogen (secondary N) is 1. The first-order chi connectivity index (χ1) is 15.1. The van der Waals surface area contributed by atoms with Crippen LogP contribution in [0.2, 0.25) is 5.02 Å². The van der Waals surface area contributed by atoms with Crippen LogP contribution in [0.3, 0.4) is 0 Å². The number of amides is 1. The zero-order valence-corrected chi connectivity index (χ0v) is 18.2. The lowest BCUT2D eigenvalue weighted by atomic mass is 9.90. The number of carbonyl (C=O) groups excluding carboxylic acids is 1. The van der Waals surface area contributed by atoms with Gasteiger partial charge in [-0.2, -0.15) is 0 Å². The van der Waals surface area contributed by atoms with Gasteiger partial charge in [0.15, 0.2) is 0 Å². The molecule has 1 aromatic carbocycles. The lowest BCUT2D eigenvalue weighted by molar-refractivity contribution is -0.123. The summed E-state index contributed by atoms with van der Waals surface area (Å²) < 4.78 is 8.04. The first-order valence-electron chi connectivity index (χ1n) is 10.9. The quantitative estimate of drug-likeness (QED) is 0.600. The molecule has 162 valence electrons. The van der Waals surface area contributed by atoms with Crippen molar-refractivity contribution in [1.82, 2.24) is 19.8 Å². The van der Waals surface area contributed by atoms with E-state index in [0.29, 0.717) is 11.6 Å². The molecule has 1 saturated carbocycles. The molecule has 2 fully saturated rings. The topological polar surface area (TPSA) is 63.3 Å². The van der Waals surface area contributed by atoms with Crippen LogP contribution < -0.4 is 5.32 Å². The van der Waals surface area contributed by atoms with E-state index in [-0.39, 0.29) is 17.2 Å². The average Bonchev–Trinajstić information content (AvgIpc) is 3.13. The van der Waals surface area contributed by atoms with Gasteiger partial charge in [0, 0.05) is 37.0 Å². The summed E-state index contributed by atoms with van der Waals surface area (Å²) in [6, 6.07) is 11.8. The fourth-order valence-electron chi connectivity index (χ4n) is 4.77. The summed E-state index contributed by atoms with van der Waals surface area (Å²) in [6.07, 6.45) is 8.62. The standard InChI is InChI=1S/C24H27ClN4O2/c25-21-4-2-1-3-19(21)22-6-5-18(31-22)16-28-11-7-24(8-12-28)15-20(24)23(30)27-10-14-29-13-9-26-17-29/h1-6,9,13,17,20H,7-8,10-12,14-16H2,(H,27,30). The Hall–Kier alpha value is -2.57. The van der Waals surface area contributed by atoms with Crippen LogP contribution in [0.15, 0.2) is 59.5 Å². The molecule has 0 radical (unpaired) electrons. The molecule has 1 unspecified atom stereocenters. The molecular formula is C24H27ClN4O2. The SMILES string of the molecule is O=C(NCCn1ccnc1)C1CC12CCN(Cc1ccc(-c3ccccc3Cl)o1)CC2. The predicted molar refractivity (Wildman–Crippen MR) is 119 cm³/mol. The van der Waals surface area contributed by atoms with Crippen LogP contribution in [-0.2, 0) is 17.9 Å².